The number of aromatic nitrogens is 4. The Kier molecular flexibility index (Phi) is 4.79. The van der Waals surface area contributed by atoms with Crippen LogP contribution in [0.3, 0.4) is 0 Å². The van der Waals surface area contributed by atoms with Crippen LogP contribution in [0.4, 0.5) is 0 Å². The molecule has 0 saturated heterocycles. The van der Waals surface area contributed by atoms with Crippen LogP contribution >= 0.6 is 0 Å². The van der Waals surface area contributed by atoms with Crippen molar-refractivity contribution in [3.63, 3.8) is 0 Å². The Morgan fingerprint density at radius 2 is 2.00 bits per heavy atom. The average Bonchev–Trinajstić information content (AvgIpc) is 2.94. The van der Waals surface area contributed by atoms with E-state index < -0.39 is 0 Å². The molecule has 108 valence electrons. The SMILES string of the molecule is CCCNC(C)c1nnc(-c2cc(C)nnc2CC)o1. The highest BCUT2D eigenvalue weighted by Crippen LogP contribution is 2.23. The number of hydrogen-bond donors (Lipinski definition) is 1. The van der Waals surface area contributed by atoms with E-state index in [4.69, 9.17) is 4.42 Å². The van der Waals surface area contributed by atoms with E-state index in [1.54, 1.807) is 0 Å². The van der Waals surface area contributed by atoms with Crippen molar-refractivity contribution in [2.45, 2.75) is 46.6 Å². The molecule has 2 rings (SSSR count). The lowest BCUT2D eigenvalue weighted by molar-refractivity contribution is 0.423. The van der Waals surface area contributed by atoms with Gasteiger partial charge in [0.05, 0.1) is 23.0 Å². The Balaban J connectivity index is 2.26. The quantitative estimate of drug-likeness (QED) is 0.872. The van der Waals surface area contributed by atoms with Gasteiger partial charge in [-0.2, -0.15) is 10.2 Å². The third kappa shape index (κ3) is 3.19. The molecule has 6 heteroatoms. The largest absolute Gasteiger partial charge is 0.419 e. The van der Waals surface area contributed by atoms with Gasteiger partial charge >= 0.3 is 0 Å². The number of hydrogen-bond acceptors (Lipinski definition) is 6. The second-order valence-corrected chi connectivity index (χ2v) is 4.82. The van der Waals surface area contributed by atoms with E-state index >= 15 is 0 Å². The van der Waals surface area contributed by atoms with Crippen LogP contribution in [-0.4, -0.2) is 26.9 Å². The Morgan fingerprint density at radius 1 is 1.20 bits per heavy atom. The lowest BCUT2D eigenvalue weighted by atomic mass is 10.1. The molecule has 0 radical (unpaired) electrons. The van der Waals surface area contributed by atoms with Gasteiger partial charge in [0.1, 0.15) is 0 Å². The van der Waals surface area contributed by atoms with Crippen molar-refractivity contribution in [1.29, 1.82) is 0 Å². The third-order valence-electron chi connectivity index (χ3n) is 3.07. The standard InChI is InChI=1S/C14H21N5O/c1-5-7-15-10(4)13-18-19-14(20-13)11-8-9(3)16-17-12(11)6-2/h8,10,15H,5-7H2,1-4H3. The molecule has 2 aromatic heterocycles. The topological polar surface area (TPSA) is 76.7 Å². The molecule has 0 aliphatic heterocycles. The van der Waals surface area contributed by atoms with Crippen LogP contribution < -0.4 is 5.32 Å². The Bertz CT molecular complexity index is 566. The summed E-state index contributed by atoms with van der Waals surface area (Å²) < 4.78 is 5.77. The van der Waals surface area contributed by atoms with Gasteiger partial charge in [-0.05, 0) is 39.3 Å². The molecule has 0 aromatic carbocycles. The van der Waals surface area contributed by atoms with Crippen molar-refractivity contribution in [1.82, 2.24) is 25.7 Å². The summed E-state index contributed by atoms with van der Waals surface area (Å²) in [7, 11) is 0. The molecule has 2 heterocycles. The minimum absolute atomic E-state index is 0.0529. The predicted molar refractivity (Wildman–Crippen MR) is 76.1 cm³/mol. The third-order valence-corrected chi connectivity index (χ3v) is 3.07. The maximum atomic E-state index is 5.77. The van der Waals surface area contributed by atoms with E-state index in [0.717, 1.165) is 36.3 Å². The average molecular weight is 275 g/mol. The summed E-state index contributed by atoms with van der Waals surface area (Å²) in [4.78, 5) is 0. The summed E-state index contributed by atoms with van der Waals surface area (Å²) in [5.74, 6) is 1.12. The smallest absolute Gasteiger partial charge is 0.249 e. The van der Waals surface area contributed by atoms with E-state index in [-0.39, 0.29) is 6.04 Å². The maximum absolute atomic E-state index is 5.77. The fraction of sp³-hybridized carbons (Fsp3) is 0.571. The van der Waals surface area contributed by atoms with E-state index in [0.29, 0.717) is 11.8 Å². The van der Waals surface area contributed by atoms with Crippen LogP contribution in [0.2, 0.25) is 0 Å². The molecule has 6 nitrogen and oxygen atoms in total. The minimum Gasteiger partial charge on any atom is -0.419 e. The van der Waals surface area contributed by atoms with Gasteiger partial charge in [-0.25, -0.2) is 0 Å². The van der Waals surface area contributed by atoms with E-state index in [9.17, 15) is 0 Å². The number of aryl methyl sites for hydroxylation is 2. The van der Waals surface area contributed by atoms with Gasteiger partial charge < -0.3 is 9.73 Å². The molecule has 0 aliphatic rings. The Labute approximate surface area is 119 Å². The van der Waals surface area contributed by atoms with Gasteiger partial charge in [0.15, 0.2) is 0 Å². The highest BCUT2D eigenvalue weighted by atomic mass is 16.4. The van der Waals surface area contributed by atoms with Crippen molar-refractivity contribution in [3.8, 4) is 11.5 Å². The first kappa shape index (κ1) is 14.6. The normalized spacial score (nSPS) is 12.6. The van der Waals surface area contributed by atoms with Crippen LogP contribution in [0.15, 0.2) is 10.5 Å². The molecule has 0 bridgehead atoms. The Morgan fingerprint density at radius 3 is 2.70 bits per heavy atom. The minimum atomic E-state index is 0.0529. The summed E-state index contributed by atoms with van der Waals surface area (Å²) in [5.41, 5.74) is 2.59. The number of rotatable bonds is 6. The molecule has 1 atom stereocenters. The lowest BCUT2D eigenvalue weighted by Crippen LogP contribution is -2.19. The van der Waals surface area contributed by atoms with Crippen molar-refractivity contribution in [2.75, 3.05) is 6.54 Å². The first-order valence-corrected chi connectivity index (χ1v) is 7.06. The van der Waals surface area contributed by atoms with E-state index in [2.05, 4.69) is 32.6 Å². The molecule has 1 N–H and O–H groups in total. The van der Waals surface area contributed by atoms with Gasteiger partial charge in [-0.1, -0.05) is 13.8 Å². The predicted octanol–water partition coefficient (Wildman–Crippen LogP) is 2.46. The fourth-order valence-corrected chi connectivity index (χ4v) is 1.93. The van der Waals surface area contributed by atoms with Gasteiger partial charge in [-0.15, -0.1) is 10.2 Å². The van der Waals surface area contributed by atoms with Crippen LogP contribution in [0, 0.1) is 6.92 Å². The lowest BCUT2D eigenvalue weighted by Gasteiger charge is -2.07. The zero-order chi connectivity index (χ0) is 14.5. The number of nitrogens with one attached hydrogen (secondary N) is 1. The van der Waals surface area contributed by atoms with Gasteiger partial charge in [0.25, 0.3) is 0 Å². The molecule has 2 aromatic rings. The zero-order valence-electron chi connectivity index (χ0n) is 12.5. The van der Waals surface area contributed by atoms with Crippen molar-refractivity contribution in [2.24, 2.45) is 0 Å². The van der Waals surface area contributed by atoms with Crippen LogP contribution in [-0.2, 0) is 6.42 Å². The Hall–Kier alpha value is -1.82. The van der Waals surface area contributed by atoms with Crippen LogP contribution in [0.5, 0.6) is 0 Å². The number of nitrogens with zero attached hydrogens (tertiary/aromatic N) is 4. The second kappa shape index (κ2) is 6.56. The molecule has 0 spiro atoms. The molecule has 0 fully saturated rings. The summed E-state index contributed by atoms with van der Waals surface area (Å²) >= 11 is 0. The molecule has 0 saturated carbocycles. The summed E-state index contributed by atoms with van der Waals surface area (Å²) in [5, 5.41) is 19.8. The first-order valence-electron chi connectivity index (χ1n) is 7.06. The monoisotopic (exact) mass is 275 g/mol. The molecule has 0 aliphatic carbocycles. The van der Waals surface area contributed by atoms with Gasteiger partial charge in [0, 0.05) is 0 Å². The van der Waals surface area contributed by atoms with Gasteiger partial charge in [-0.3, -0.25) is 0 Å². The highest BCUT2D eigenvalue weighted by molar-refractivity contribution is 5.56. The zero-order valence-corrected chi connectivity index (χ0v) is 12.5. The summed E-state index contributed by atoms with van der Waals surface area (Å²) in [6.07, 6.45) is 1.85. The molecule has 20 heavy (non-hydrogen) atoms. The molecular weight excluding hydrogens is 254 g/mol. The van der Waals surface area contributed by atoms with E-state index in [1.807, 2.05) is 26.8 Å². The first-order chi connectivity index (χ1) is 9.65. The van der Waals surface area contributed by atoms with Crippen molar-refractivity contribution in [3.05, 3.63) is 23.3 Å². The van der Waals surface area contributed by atoms with Gasteiger partial charge in [0.2, 0.25) is 11.8 Å². The molecule has 1 unspecified atom stereocenters. The van der Waals surface area contributed by atoms with Crippen molar-refractivity contribution >= 4 is 0 Å². The van der Waals surface area contributed by atoms with E-state index in [1.165, 1.54) is 0 Å². The van der Waals surface area contributed by atoms with Crippen LogP contribution in [0.25, 0.3) is 11.5 Å². The maximum Gasteiger partial charge on any atom is 0.249 e. The summed E-state index contributed by atoms with van der Waals surface area (Å²) in [6.45, 7) is 9.00. The molecular formula is C14H21N5O. The molecule has 0 amide bonds. The highest BCUT2D eigenvalue weighted by Gasteiger charge is 2.17. The fourth-order valence-electron chi connectivity index (χ4n) is 1.93. The van der Waals surface area contributed by atoms with Crippen LogP contribution in [0.1, 0.15) is 50.5 Å². The second-order valence-electron chi connectivity index (χ2n) is 4.82. The van der Waals surface area contributed by atoms with Crippen molar-refractivity contribution < 1.29 is 4.42 Å². The summed E-state index contributed by atoms with van der Waals surface area (Å²) in [6, 6.07) is 1.99.